The summed E-state index contributed by atoms with van der Waals surface area (Å²) in [6.45, 7) is 0.646. The lowest BCUT2D eigenvalue weighted by Crippen LogP contribution is -2.19. The Hall–Kier alpha value is -2.61. The average Bonchev–Trinajstić information content (AvgIpc) is 2.41. The lowest BCUT2D eigenvalue weighted by atomic mass is 10.2. The molecule has 0 saturated heterocycles. The Morgan fingerprint density at radius 3 is 2.56 bits per heavy atom. The van der Waals surface area contributed by atoms with Gasteiger partial charge in [-0.2, -0.15) is 5.26 Å². The van der Waals surface area contributed by atoms with E-state index in [1.807, 2.05) is 42.3 Å². The van der Waals surface area contributed by atoms with Crippen LogP contribution in [0.3, 0.4) is 0 Å². The van der Waals surface area contributed by atoms with Gasteiger partial charge < -0.3 is 10.6 Å². The van der Waals surface area contributed by atoms with Gasteiger partial charge in [0.1, 0.15) is 6.07 Å². The van der Waals surface area contributed by atoms with Gasteiger partial charge in [-0.15, -0.1) is 0 Å². The Morgan fingerprint density at radius 2 is 1.89 bits per heavy atom. The van der Waals surface area contributed by atoms with E-state index in [1.54, 1.807) is 6.20 Å². The monoisotopic (exact) mass is 239 g/mol. The first-order valence-corrected chi connectivity index (χ1v) is 5.47. The standard InChI is InChI=1S/C13H13N5/c1-18(9-10-2-4-11(15)5-3-10)13-12(8-14)16-6-7-17-13/h2-7H,9,15H2,1H3. The molecule has 2 aromatic rings. The summed E-state index contributed by atoms with van der Waals surface area (Å²) in [5.74, 6) is 0.580. The highest BCUT2D eigenvalue weighted by Gasteiger charge is 2.09. The minimum Gasteiger partial charge on any atom is -0.399 e. The van der Waals surface area contributed by atoms with Crippen LogP contribution in [-0.4, -0.2) is 17.0 Å². The van der Waals surface area contributed by atoms with E-state index in [9.17, 15) is 0 Å². The number of aromatic nitrogens is 2. The number of nitrogen functional groups attached to an aromatic ring is 1. The van der Waals surface area contributed by atoms with Crippen molar-refractivity contribution >= 4 is 11.5 Å². The summed E-state index contributed by atoms with van der Waals surface area (Å²) in [4.78, 5) is 10.1. The maximum Gasteiger partial charge on any atom is 0.183 e. The van der Waals surface area contributed by atoms with Crippen molar-refractivity contribution in [3.63, 3.8) is 0 Å². The van der Waals surface area contributed by atoms with E-state index in [1.165, 1.54) is 6.20 Å². The third kappa shape index (κ3) is 2.55. The molecule has 0 aliphatic carbocycles. The van der Waals surface area contributed by atoms with E-state index in [0.29, 0.717) is 18.1 Å². The largest absolute Gasteiger partial charge is 0.399 e. The first-order chi connectivity index (χ1) is 8.70. The van der Waals surface area contributed by atoms with Crippen LogP contribution in [0.15, 0.2) is 36.7 Å². The zero-order valence-electron chi connectivity index (χ0n) is 10.0. The quantitative estimate of drug-likeness (QED) is 0.822. The summed E-state index contributed by atoms with van der Waals surface area (Å²) in [7, 11) is 1.88. The first-order valence-electron chi connectivity index (χ1n) is 5.47. The second-order valence-electron chi connectivity index (χ2n) is 3.94. The van der Waals surface area contributed by atoms with Crippen LogP contribution in [0.25, 0.3) is 0 Å². The summed E-state index contributed by atoms with van der Waals surface area (Å²) in [6.07, 6.45) is 3.09. The zero-order valence-corrected chi connectivity index (χ0v) is 10.0. The minimum atomic E-state index is 0.329. The van der Waals surface area contributed by atoms with Crippen molar-refractivity contribution < 1.29 is 0 Å². The molecule has 0 saturated carbocycles. The third-order valence-corrected chi connectivity index (χ3v) is 2.55. The smallest absolute Gasteiger partial charge is 0.183 e. The summed E-state index contributed by atoms with van der Waals surface area (Å²) in [6, 6.07) is 9.65. The van der Waals surface area contributed by atoms with E-state index >= 15 is 0 Å². The molecule has 0 bridgehead atoms. The molecule has 0 atom stereocenters. The lowest BCUT2D eigenvalue weighted by Gasteiger charge is -2.18. The van der Waals surface area contributed by atoms with Crippen LogP contribution in [0, 0.1) is 11.3 Å². The van der Waals surface area contributed by atoms with Crippen molar-refractivity contribution in [1.29, 1.82) is 5.26 Å². The van der Waals surface area contributed by atoms with Gasteiger partial charge in [-0.1, -0.05) is 12.1 Å². The molecule has 5 heteroatoms. The van der Waals surface area contributed by atoms with Crippen LogP contribution in [0.5, 0.6) is 0 Å². The van der Waals surface area contributed by atoms with Crippen LogP contribution in [0.4, 0.5) is 11.5 Å². The first kappa shape index (κ1) is 11.9. The molecule has 2 rings (SSSR count). The number of hydrogen-bond donors (Lipinski definition) is 1. The van der Waals surface area contributed by atoms with Crippen molar-refractivity contribution in [2.24, 2.45) is 0 Å². The molecule has 0 amide bonds. The van der Waals surface area contributed by atoms with Crippen molar-refractivity contribution in [3.8, 4) is 6.07 Å². The summed E-state index contributed by atoms with van der Waals surface area (Å²) in [5.41, 5.74) is 7.80. The van der Waals surface area contributed by atoms with Crippen LogP contribution < -0.4 is 10.6 Å². The SMILES string of the molecule is CN(Cc1ccc(N)cc1)c1nccnc1C#N. The van der Waals surface area contributed by atoms with E-state index in [2.05, 4.69) is 9.97 Å². The van der Waals surface area contributed by atoms with Crippen molar-refractivity contribution in [2.45, 2.75) is 6.54 Å². The molecular formula is C13H13N5. The highest BCUT2D eigenvalue weighted by atomic mass is 15.2. The van der Waals surface area contributed by atoms with E-state index in [-0.39, 0.29) is 0 Å². The van der Waals surface area contributed by atoms with Gasteiger partial charge in [0.15, 0.2) is 11.5 Å². The van der Waals surface area contributed by atoms with E-state index in [0.717, 1.165) is 11.3 Å². The number of nitrogens with zero attached hydrogens (tertiary/aromatic N) is 4. The third-order valence-electron chi connectivity index (χ3n) is 2.55. The minimum absolute atomic E-state index is 0.329. The van der Waals surface area contributed by atoms with E-state index in [4.69, 9.17) is 11.0 Å². The zero-order chi connectivity index (χ0) is 13.0. The summed E-state index contributed by atoms with van der Waals surface area (Å²) in [5, 5.41) is 8.97. The van der Waals surface area contributed by atoms with Crippen molar-refractivity contribution in [2.75, 3.05) is 17.7 Å². The lowest BCUT2D eigenvalue weighted by molar-refractivity contribution is 0.885. The normalized spacial score (nSPS) is 9.78. The molecule has 2 N–H and O–H groups in total. The predicted molar refractivity (Wildman–Crippen MR) is 69.7 cm³/mol. The number of benzene rings is 1. The van der Waals surface area contributed by atoms with Gasteiger partial charge in [0.25, 0.3) is 0 Å². The molecule has 0 fully saturated rings. The highest BCUT2D eigenvalue weighted by molar-refractivity contribution is 5.49. The van der Waals surface area contributed by atoms with Crippen molar-refractivity contribution in [1.82, 2.24) is 9.97 Å². The fourth-order valence-corrected chi connectivity index (χ4v) is 1.66. The molecule has 5 nitrogen and oxygen atoms in total. The molecule has 1 aromatic carbocycles. The second kappa shape index (κ2) is 5.15. The Morgan fingerprint density at radius 1 is 1.22 bits per heavy atom. The molecule has 0 unspecified atom stereocenters. The van der Waals surface area contributed by atoms with Crippen LogP contribution >= 0.6 is 0 Å². The molecule has 0 aliphatic rings. The molecule has 1 heterocycles. The van der Waals surface area contributed by atoms with Crippen LogP contribution in [-0.2, 0) is 6.54 Å². The van der Waals surface area contributed by atoms with Gasteiger partial charge >= 0.3 is 0 Å². The van der Waals surface area contributed by atoms with Gasteiger partial charge in [0.2, 0.25) is 0 Å². The number of anilines is 2. The molecule has 0 aliphatic heterocycles. The fraction of sp³-hybridized carbons (Fsp3) is 0.154. The van der Waals surface area contributed by atoms with Gasteiger partial charge in [-0.3, -0.25) is 0 Å². The molecular weight excluding hydrogens is 226 g/mol. The maximum atomic E-state index is 8.97. The fourth-order valence-electron chi connectivity index (χ4n) is 1.66. The Balaban J connectivity index is 2.19. The molecule has 18 heavy (non-hydrogen) atoms. The van der Waals surface area contributed by atoms with Crippen molar-refractivity contribution in [3.05, 3.63) is 47.9 Å². The Bertz CT molecular complexity index is 571. The summed E-state index contributed by atoms with van der Waals surface area (Å²) < 4.78 is 0. The molecule has 90 valence electrons. The number of nitriles is 1. The van der Waals surface area contributed by atoms with Crippen LogP contribution in [0.1, 0.15) is 11.3 Å². The van der Waals surface area contributed by atoms with Gasteiger partial charge in [-0.05, 0) is 17.7 Å². The maximum absolute atomic E-state index is 8.97. The molecule has 0 spiro atoms. The van der Waals surface area contributed by atoms with Gasteiger partial charge in [0, 0.05) is 31.7 Å². The second-order valence-corrected chi connectivity index (χ2v) is 3.94. The molecule has 0 radical (unpaired) electrons. The number of rotatable bonds is 3. The number of nitrogens with two attached hydrogens (primary N) is 1. The predicted octanol–water partition coefficient (Wildman–Crippen LogP) is 1.57. The molecule has 1 aromatic heterocycles. The van der Waals surface area contributed by atoms with E-state index < -0.39 is 0 Å². The Kier molecular flexibility index (Phi) is 3.39. The topological polar surface area (TPSA) is 78.8 Å². The Labute approximate surface area is 106 Å². The van der Waals surface area contributed by atoms with Gasteiger partial charge in [0.05, 0.1) is 0 Å². The summed E-state index contributed by atoms with van der Waals surface area (Å²) >= 11 is 0. The highest BCUT2D eigenvalue weighted by Crippen LogP contribution is 2.15. The average molecular weight is 239 g/mol. The number of hydrogen-bond acceptors (Lipinski definition) is 5. The van der Waals surface area contributed by atoms with Gasteiger partial charge in [-0.25, -0.2) is 9.97 Å². The van der Waals surface area contributed by atoms with Crippen LogP contribution in [0.2, 0.25) is 0 Å².